The van der Waals surface area contributed by atoms with E-state index in [2.05, 4.69) is 4.72 Å². The molecule has 1 N–H and O–H groups in total. The summed E-state index contributed by atoms with van der Waals surface area (Å²) < 4.78 is 24.7. The monoisotopic (exact) mass is 189 g/mol. The van der Waals surface area contributed by atoms with Gasteiger partial charge in [0.05, 0.1) is 6.26 Å². The maximum Gasteiger partial charge on any atom is 0.208 e. The minimum Gasteiger partial charge on any atom is -0.213 e. The molecule has 2 rings (SSSR count). The summed E-state index contributed by atoms with van der Waals surface area (Å²) >= 11 is 0. The molecule has 2 aliphatic rings. The molecule has 12 heavy (non-hydrogen) atoms. The van der Waals surface area contributed by atoms with Crippen LogP contribution in [0.25, 0.3) is 0 Å². The van der Waals surface area contributed by atoms with E-state index in [-0.39, 0.29) is 6.04 Å². The van der Waals surface area contributed by atoms with Crippen LogP contribution in [0.3, 0.4) is 0 Å². The van der Waals surface area contributed by atoms with Gasteiger partial charge in [-0.05, 0) is 37.5 Å². The second-order valence-electron chi connectivity index (χ2n) is 4.09. The molecule has 0 amide bonds. The summed E-state index contributed by atoms with van der Waals surface area (Å²) in [5, 5.41) is 0. The average Bonchev–Trinajstić information content (AvgIpc) is 2.78. The highest BCUT2D eigenvalue weighted by molar-refractivity contribution is 7.88. The summed E-state index contributed by atoms with van der Waals surface area (Å²) in [5.74, 6) is 1.29. The Morgan fingerprint density at radius 3 is 1.83 bits per heavy atom. The first kappa shape index (κ1) is 8.51. The molecule has 0 heterocycles. The summed E-state index contributed by atoms with van der Waals surface area (Å²) in [7, 11) is -2.98. The Balaban J connectivity index is 1.96. The number of rotatable bonds is 4. The van der Waals surface area contributed by atoms with E-state index in [1.807, 2.05) is 0 Å². The van der Waals surface area contributed by atoms with Gasteiger partial charge >= 0.3 is 0 Å². The van der Waals surface area contributed by atoms with E-state index in [0.717, 1.165) is 0 Å². The minimum absolute atomic E-state index is 0.264. The van der Waals surface area contributed by atoms with Crippen LogP contribution in [0.4, 0.5) is 0 Å². The van der Waals surface area contributed by atoms with Gasteiger partial charge in [-0.1, -0.05) is 0 Å². The number of hydrogen-bond acceptors (Lipinski definition) is 2. The lowest BCUT2D eigenvalue weighted by Crippen LogP contribution is -2.37. The largest absolute Gasteiger partial charge is 0.213 e. The van der Waals surface area contributed by atoms with Gasteiger partial charge in [0.1, 0.15) is 0 Å². The SMILES string of the molecule is CS(=O)(=O)NC(C1CC1)C1CC1. The predicted octanol–water partition coefficient (Wildman–Crippen LogP) is 0.724. The van der Waals surface area contributed by atoms with Gasteiger partial charge in [0.15, 0.2) is 0 Å². The molecule has 4 heteroatoms. The van der Waals surface area contributed by atoms with Crippen LogP contribution >= 0.6 is 0 Å². The number of nitrogens with one attached hydrogen (secondary N) is 1. The Bertz CT molecular complexity index is 253. The zero-order valence-electron chi connectivity index (χ0n) is 7.29. The van der Waals surface area contributed by atoms with Crippen LogP contribution < -0.4 is 4.72 Å². The molecule has 0 aromatic carbocycles. The van der Waals surface area contributed by atoms with Crippen LogP contribution in [0, 0.1) is 11.8 Å². The quantitative estimate of drug-likeness (QED) is 0.708. The molecule has 0 bridgehead atoms. The highest BCUT2D eigenvalue weighted by Crippen LogP contribution is 2.44. The lowest BCUT2D eigenvalue weighted by molar-refractivity contribution is 0.473. The first-order chi connectivity index (χ1) is 5.56. The molecule has 2 fully saturated rings. The summed E-state index contributed by atoms with van der Waals surface area (Å²) in [6.07, 6.45) is 6.10. The van der Waals surface area contributed by atoms with Crippen LogP contribution in [-0.2, 0) is 10.0 Å². The minimum atomic E-state index is -2.98. The third kappa shape index (κ3) is 2.20. The van der Waals surface area contributed by atoms with Crippen molar-refractivity contribution in [2.45, 2.75) is 31.7 Å². The van der Waals surface area contributed by atoms with Gasteiger partial charge < -0.3 is 0 Å². The van der Waals surface area contributed by atoms with Crippen molar-refractivity contribution in [3.63, 3.8) is 0 Å². The van der Waals surface area contributed by atoms with Crippen LogP contribution in [0.1, 0.15) is 25.7 Å². The Kier molecular flexibility index (Phi) is 1.92. The summed E-state index contributed by atoms with van der Waals surface area (Å²) in [6, 6.07) is 0.264. The van der Waals surface area contributed by atoms with Crippen LogP contribution in [0.15, 0.2) is 0 Å². The van der Waals surface area contributed by atoms with Gasteiger partial charge in [-0.25, -0.2) is 13.1 Å². The van der Waals surface area contributed by atoms with Crippen LogP contribution in [0.5, 0.6) is 0 Å². The molecular formula is C8H15NO2S. The number of sulfonamides is 1. The fourth-order valence-electron chi connectivity index (χ4n) is 1.74. The standard InChI is InChI=1S/C8H15NO2S/c1-12(10,11)9-8(6-2-3-6)7-4-5-7/h6-9H,2-5H2,1H3. The Morgan fingerprint density at radius 2 is 1.58 bits per heavy atom. The van der Waals surface area contributed by atoms with Crippen molar-refractivity contribution in [2.24, 2.45) is 11.8 Å². The first-order valence-electron chi connectivity index (χ1n) is 4.53. The van der Waals surface area contributed by atoms with Crippen molar-refractivity contribution in [1.82, 2.24) is 4.72 Å². The summed E-state index contributed by atoms with van der Waals surface area (Å²) in [4.78, 5) is 0. The molecule has 0 unspecified atom stereocenters. The molecule has 0 aliphatic heterocycles. The van der Waals surface area contributed by atoms with Crippen molar-refractivity contribution < 1.29 is 8.42 Å². The third-order valence-electron chi connectivity index (χ3n) is 2.61. The van der Waals surface area contributed by atoms with Crippen LogP contribution in [-0.4, -0.2) is 20.7 Å². The second kappa shape index (κ2) is 2.70. The van der Waals surface area contributed by atoms with Gasteiger partial charge in [-0.2, -0.15) is 0 Å². The highest BCUT2D eigenvalue weighted by atomic mass is 32.2. The van der Waals surface area contributed by atoms with E-state index in [1.54, 1.807) is 0 Å². The van der Waals surface area contributed by atoms with E-state index in [1.165, 1.54) is 31.9 Å². The molecule has 0 aromatic rings. The molecule has 0 radical (unpaired) electrons. The smallest absolute Gasteiger partial charge is 0.208 e. The van der Waals surface area contributed by atoms with Crippen molar-refractivity contribution in [3.8, 4) is 0 Å². The van der Waals surface area contributed by atoms with E-state index < -0.39 is 10.0 Å². The Hall–Kier alpha value is -0.0900. The molecule has 2 aliphatic carbocycles. The van der Waals surface area contributed by atoms with Gasteiger partial charge in [0.2, 0.25) is 10.0 Å². The van der Waals surface area contributed by atoms with E-state index in [4.69, 9.17) is 0 Å². The molecule has 2 saturated carbocycles. The van der Waals surface area contributed by atoms with Crippen molar-refractivity contribution in [1.29, 1.82) is 0 Å². The lowest BCUT2D eigenvalue weighted by atomic mass is 10.1. The molecule has 0 aromatic heterocycles. The molecule has 0 atom stereocenters. The normalized spacial score (nSPS) is 24.8. The van der Waals surface area contributed by atoms with Gasteiger partial charge in [-0.15, -0.1) is 0 Å². The first-order valence-corrected chi connectivity index (χ1v) is 6.43. The van der Waals surface area contributed by atoms with Crippen LogP contribution in [0.2, 0.25) is 0 Å². The fourth-order valence-corrected chi connectivity index (χ4v) is 2.61. The molecule has 0 spiro atoms. The zero-order valence-corrected chi connectivity index (χ0v) is 8.10. The van der Waals surface area contributed by atoms with Crippen molar-refractivity contribution >= 4 is 10.0 Å². The number of hydrogen-bond donors (Lipinski definition) is 1. The molecular weight excluding hydrogens is 174 g/mol. The van der Waals surface area contributed by atoms with E-state index >= 15 is 0 Å². The van der Waals surface area contributed by atoms with Gasteiger partial charge in [0, 0.05) is 6.04 Å². The molecule has 3 nitrogen and oxygen atoms in total. The van der Waals surface area contributed by atoms with Gasteiger partial charge in [0.25, 0.3) is 0 Å². The Morgan fingerprint density at radius 1 is 1.17 bits per heavy atom. The van der Waals surface area contributed by atoms with E-state index in [0.29, 0.717) is 11.8 Å². The Labute approximate surface area is 73.6 Å². The topological polar surface area (TPSA) is 46.2 Å². The zero-order chi connectivity index (χ0) is 8.77. The second-order valence-corrected chi connectivity index (χ2v) is 5.87. The summed E-state index contributed by atoms with van der Waals surface area (Å²) in [5.41, 5.74) is 0. The molecule has 70 valence electrons. The van der Waals surface area contributed by atoms with Gasteiger partial charge in [-0.3, -0.25) is 0 Å². The maximum absolute atomic E-state index is 11.0. The molecule has 0 saturated heterocycles. The van der Waals surface area contributed by atoms with Crippen molar-refractivity contribution in [2.75, 3.05) is 6.26 Å². The van der Waals surface area contributed by atoms with E-state index in [9.17, 15) is 8.42 Å². The highest BCUT2D eigenvalue weighted by Gasteiger charge is 2.42. The van der Waals surface area contributed by atoms with Crippen molar-refractivity contribution in [3.05, 3.63) is 0 Å². The fraction of sp³-hybridized carbons (Fsp3) is 1.00. The summed E-state index contributed by atoms with van der Waals surface area (Å²) in [6.45, 7) is 0. The lowest BCUT2D eigenvalue weighted by Gasteiger charge is -2.15. The maximum atomic E-state index is 11.0. The average molecular weight is 189 g/mol. The third-order valence-corrected chi connectivity index (χ3v) is 3.31. The predicted molar refractivity (Wildman–Crippen MR) is 47.2 cm³/mol.